The van der Waals surface area contributed by atoms with Gasteiger partial charge in [-0.15, -0.1) is 0 Å². The molecule has 0 unspecified atom stereocenters. The molecule has 0 aromatic heterocycles. The van der Waals surface area contributed by atoms with Crippen LogP contribution in [0.25, 0.3) is 0 Å². The molecule has 0 aliphatic rings. The highest BCUT2D eigenvalue weighted by atomic mass is 19.1. The SMILES string of the molecule is CCC(CC)(CC(=O)Nc1c(F)cc(F)cc1F)C(=O)O. The van der Waals surface area contributed by atoms with Crippen LogP contribution < -0.4 is 5.32 Å². The molecule has 1 aromatic rings. The summed E-state index contributed by atoms with van der Waals surface area (Å²) in [7, 11) is 0. The maximum atomic E-state index is 13.4. The minimum Gasteiger partial charge on any atom is -0.481 e. The molecule has 0 aliphatic heterocycles. The van der Waals surface area contributed by atoms with E-state index < -0.39 is 46.9 Å². The van der Waals surface area contributed by atoms with Gasteiger partial charge in [0, 0.05) is 18.6 Å². The summed E-state index contributed by atoms with van der Waals surface area (Å²) in [5.41, 5.74) is -2.08. The van der Waals surface area contributed by atoms with Crippen LogP contribution in [0.5, 0.6) is 0 Å². The fraction of sp³-hybridized carbons (Fsp3) is 0.429. The molecule has 0 heterocycles. The maximum absolute atomic E-state index is 13.4. The Morgan fingerprint density at radius 3 is 2.00 bits per heavy atom. The molecule has 116 valence electrons. The van der Waals surface area contributed by atoms with Crippen LogP contribution in [0.1, 0.15) is 33.1 Å². The van der Waals surface area contributed by atoms with Crippen LogP contribution in [0.15, 0.2) is 12.1 Å². The number of anilines is 1. The Bertz CT molecular complexity index is 533. The normalized spacial score (nSPS) is 11.3. The largest absolute Gasteiger partial charge is 0.481 e. The minimum atomic E-state index is -1.29. The number of carboxylic acid groups (broad SMARTS) is 1. The fourth-order valence-corrected chi connectivity index (χ4v) is 2.03. The average Bonchev–Trinajstić information content (AvgIpc) is 2.40. The van der Waals surface area contributed by atoms with Gasteiger partial charge in [-0.05, 0) is 12.8 Å². The number of nitrogens with one attached hydrogen (secondary N) is 1. The molecule has 4 nitrogen and oxygen atoms in total. The van der Waals surface area contributed by atoms with Gasteiger partial charge >= 0.3 is 5.97 Å². The van der Waals surface area contributed by atoms with Gasteiger partial charge in [-0.1, -0.05) is 13.8 Å². The smallest absolute Gasteiger partial charge is 0.310 e. The van der Waals surface area contributed by atoms with E-state index in [-0.39, 0.29) is 12.8 Å². The lowest BCUT2D eigenvalue weighted by Gasteiger charge is -2.25. The lowest BCUT2D eigenvalue weighted by atomic mass is 9.79. The van der Waals surface area contributed by atoms with E-state index in [0.717, 1.165) is 0 Å². The summed E-state index contributed by atoms with van der Waals surface area (Å²) in [6.45, 7) is 3.23. The van der Waals surface area contributed by atoms with Gasteiger partial charge in [-0.3, -0.25) is 9.59 Å². The molecule has 1 aromatic carbocycles. The number of aliphatic carboxylic acids is 1. The number of carbonyl (C=O) groups excluding carboxylic acids is 1. The summed E-state index contributed by atoms with van der Waals surface area (Å²) < 4.78 is 39.6. The van der Waals surface area contributed by atoms with Crippen LogP contribution in [0, 0.1) is 22.9 Å². The van der Waals surface area contributed by atoms with Crippen LogP contribution in [-0.2, 0) is 9.59 Å². The summed E-state index contributed by atoms with van der Waals surface area (Å²) in [5.74, 6) is -5.61. The number of carbonyl (C=O) groups is 2. The molecular weight excluding hydrogens is 287 g/mol. The number of benzene rings is 1. The number of halogens is 3. The first-order valence-electron chi connectivity index (χ1n) is 6.43. The minimum absolute atomic E-state index is 0.195. The summed E-state index contributed by atoms with van der Waals surface area (Å²) >= 11 is 0. The summed E-state index contributed by atoms with van der Waals surface area (Å²) in [6, 6.07) is 0.867. The Hall–Kier alpha value is -2.05. The lowest BCUT2D eigenvalue weighted by molar-refractivity contribution is -0.151. The zero-order valence-corrected chi connectivity index (χ0v) is 11.7. The van der Waals surface area contributed by atoms with Crippen LogP contribution in [0.4, 0.5) is 18.9 Å². The van der Waals surface area contributed by atoms with Gasteiger partial charge in [0.1, 0.15) is 11.5 Å². The van der Waals surface area contributed by atoms with Crippen molar-refractivity contribution < 1.29 is 27.9 Å². The monoisotopic (exact) mass is 303 g/mol. The van der Waals surface area contributed by atoms with E-state index >= 15 is 0 Å². The average molecular weight is 303 g/mol. The molecule has 0 aliphatic carbocycles. The zero-order valence-electron chi connectivity index (χ0n) is 11.7. The number of amides is 1. The predicted octanol–water partition coefficient (Wildman–Crippen LogP) is 3.32. The molecule has 1 rings (SSSR count). The number of carboxylic acids is 1. The second kappa shape index (κ2) is 6.60. The van der Waals surface area contributed by atoms with Gasteiger partial charge in [-0.25, -0.2) is 13.2 Å². The van der Waals surface area contributed by atoms with Crippen molar-refractivity contribution in [1.82, 2.24) is 0 Å². The molecule has 0 spiro atoms. The van der Waals surface area contributed by atoms with Crippen molar-refractivity contribution in [2.75, 3.05) is 5.32 Å². The van der Waals surface area contributed by atoms with Crippen molar-refractivity contribution in [1.29, 1.82) is 0 Å². The summed E-state index contributed by atoms with van der Waals surface area (Å²) in [4.78, 5) is 23.1. The van der Waals surface area contributed by atoms with Crippen molar-refractivity contribution in [3.63, 3.8) is 0 Å². The summed E-state index contributed by atoms with van der Waals surface area (Å²) in [6.07, 6.45) is -0.0349. The van der Waals surface area contributed by atoms with Crippen LogP contribution in [0.3, 0.4) is 0 Å². The van der Waals surface area contributed by atoms with Gasteiger partial charge in [0.2, 0.25) is 5.91 Å². The molecular formula is C14H16F3NO3. The van der Waals surface area contributed by atoms with E-state index in [9.17, 15) is 27.9 Å². The number of rotatable bonds is 6. The standard InChI is InChI=1S/C14H16F3NO3/c1-3-14(4-2,13(20)21)7-11(19)18-12-9(16)5-8(15)6-10(12)17/h5-6H,3-4,7H2,1-2H3,(H,18,19)(H,20,21). The van der Waals surface area contributed by atoms with E-state index in [0.29, 0.717) is 12.1 Å². The molecule has 1 amide bonds. The molecule has 0 saturated heterocycles. The number of hydrogen-bond donors (Lipinski definition) is 2. The molecule has 0 fully saturated rings. The topological polar surface area (TPSA) is 66.4 Å². The Morgan fingerprint density at radius 2 is 1.62 bits per heavy atom. The highest BCUT2D eigenvalue weighted by molar-refractivity contribution is 5.94. The van der Waals surface area contributed by atoms with Gasteiger partial charge in [-0.2, -0.15) is 0 Å². The van der Waals surface area contributed by atoms with Crippen molar-refractivity contribution in [2.24, 2.45) is 5.41 Å². The third kappa shape index (κ3) is 3.74. The van der Waals surface area contributed by atoms with Crippen LogP contribution >= 0.6 is 0 Å². The van der Waals surface area contributed by atoms with Gasteiger partial charge < -0.3 is 10.4 Å². The first-order valence-corrected chi connectivity index (χ1v) is 6.43. The van der Waals surface area contributed by atoms with Gasteiger partial charge in [0.05, 0.1) is 5.41 Å². The van der Waals surface area contributed by atoms with Crippen molar-refractivity contribution in [3.8, 4) is 0 Å². The Morgan fingerprint density at radius 1 is 1.14 bits per heavy atom. The maximum Gasteiger partial charge on any atom is 0.310 e. The fourth-order valence-electron chi connectivity index (χ4n) is 2.03. The lowest BCUT2D eigenvalue weighted by Crippen LogP contribution is -2.34. The van der Waals surface area contributed by atoms with E-state index in [1.165, 1.54) is 0 Å². The second-order valence-electron chi connectivity index (χ2n) is 4.76. The third-order valence-corrected chi connectivity index (χ3v) is 3.58. The van der Waals surface area contributed by atoms with Crippen LogP contribution in [-0.4, -0.2) is 17.0 Å². The Labute approximate surface area is 120 Å². The highest BCUT2D eigenvalue weighted by Crippen LogP contribution is 2.32. The Balaban J connectivity index is 2.95. The van der Waals surface area contributed by atoms with Crippen LogP contribution in [0.2, 0.25) is 0 Å². The quantitative estimate of drug-likeness (QED) is 0.847. The van der Waals surface area contributed by atoms with Crippen molar-refractivity contribution in [3.05, 3.63) is 29.6 Å². The molecule has 0 bridgehead atoms. The van der Waals surface area contributed by atoms with E-state index in [4.69, 9.17) is 0 Å². The molecule has 0 atom stereocenters. The molecule has 0 saturated carbocycles. The van der Waals surface area contributed by atoms with Gasteiger partial charge in [0.25, 0.3) is 0 Å². The van der Waals surface area contributed by atoms with E-state index in [2.05, 4.69) is 0 Å². The third-order valence-electron chi connectivity index (χ3n) is 3.58. The second-order valence-corrected chi connectivity index (χ2v) is 4.76. The zero-order chi connectivity index (χ0) is 16.2. The van der Waals surface area contributed by atoms with Crippen molar-refractivity contribution in [2.45, 2.75) is 33.1 Å². The molecule has 0 radical (unpaired) electrons. The van der Waals surface area contributed by atoms with Gasteiger partial charge in [0.15, 0.2) is 11.6 Å². The summed E-state index contributed by atoms with van der Waals surface area (Å²) in [5, 5.41) is 11.2. The molecule has 21 heavy (non-hydrogen) atoms. The molecule has 2 N–H and O–H groups in total. The highest BCUT2D eigenvalue weighted by Gasteiger charge is 2.37. The predicted molar refractivity (Wildman–Crippen MR) is 70.2 cm³/mol. The van der Waals surface area contributed by atoms with E-state index in [1.807, 2.05) is 5.32 Å². The number of hydrogen-bond acceptors (Lipinski definition) is 2. The Kier molecular flexibility index (Phi) is 5.34. The first-order chi connectivity index (χ1) is 9.75. The first kappa shape index (κ1) is 17.0. The molecule has 7 heteroatoms. The van der Waals surface area contributed by atoms with Crippen molar-refractivity contribution >= 4 is 17.6 Å². The van der Waals surface area contributed by atoms with E-state index in [1.54, 1.807) is 13.8 Å².